The van der Waals surface area contributed by atoms with Crippen LogP contribution in [0.4, 0.5) is 0 Å². The Morgan fingerprint density at radius 1 is 1.40 bits per heavy atom. The molecule has 2 rings (SSSR count). The molecule has 0 spiro atoms. The van der Waals surface area contributed by atoms with Crippen molar-refractivity contribution in [1.29, 1.82) is 0 Å². The average molecular weight is 473 g/mol. The van der Waals surface area contributed by atoms with Gasteiger partial charge in [-0.2, -0.15) is 5.10 Å². The maximum atomic E-state index is 11.8. The highest BCUT2D eigenvalue weighted by molar-refractivity contribution is 14.1. The summed E-state index contributed by atoms with van der Waals surface area (Å²) in [6, 6.07) is 6.87. The van der Waals surface area contributed by atoms with Crippen LogP contribution in [0.25, 0.3) is 0 Å². The minimum atomic E-state index is -1.32. The van der Waals surface area contributed by atoms with Crippen LogP contribution in [0, 0.1) is 3.57 Å². The lowest BCUT2D eigenvalue weighted by Gasteiger charge is -2.14. The van der Waals surface area contributed by atoms with E-state index >= 15 is 0 Å². The highest BCUT2D eigenvalue weighted by Crippen LogP contribution is 2.33. The quantitative estimate of drug-likeness (QED) is 0.357. The van der Waals surface area contributed by atoms with Crippen LogP contribution in [0.15, 0.2) is 34.7 Å². The predicted octanol–water partition coefficient (Wildman–Crippen LogP) is 1.64. The largest absolute Gasteiger partial charge is 0.546 e. The van der Waals surface area contributed by atoms with Gasteiger partial charge in [0, 0.05) is 0 Å². The van der Waals surface area contributed by atoms with Gasteiger partial charge in [-0.25, -0.2) is 5.43 Å². The second-order valence-corrected chi connectivity index (χ2v) is 6.71. The molecule has 2 aromatic rings. The van der Waals surface area contributed by atoms with E-state index in [0.29, 0.717) is 32.1 Å². The van der Waals surface area contributed by atoms with Crippen LogP contribution in [0.2, 0.25) is 0 Å². The van der Waals surface area contributed by atoms with Gasteiger partial charge in [-0.3, -0.25) is 4.79 Å². The molecule has 0 aliphatic carbocycles. The molecule has 0 bridgehead atoms. The molecule has 1 amide bonds. The molecule has 1 heterocycles. The van der Waals surface area contributed by atoms with Crippen molar-refractivity contribution >= 4 is 52.0 Å². The number of thiophene rings is 1. The second-order valence-electron chi connectivity index (χ2n) is 4.60. The van der Waals surface area contributed by atoms with Crippen LogP contribution >= 0.6 is 33.9 Å². The lowest BCUT2D eigenvalue weighted by atomic mass is 10.2. The van der Waals surface area contributed by atoms with E-state index < -0.39 is 12.6 Å². The maximum absolute atomic E-state index is 11.8. The highest BCUT2D eigenvalue weighted by Gasteiger charge is 2.12. The minimum Gasteiger partial charge on any atom is -0.546 e. The van der Waals surface area contributed by atoms with Crippen molar-refractivity contribution in [3.8, 4) is 11.5 Å². The van der Waals surface area contributed by atoms with Crippen molar-refractivity contribution in [3.05, 3.63) is 43.7 Å². The van der Waals surface area contributed by atoms with Crippen LogP contribution in [0.5, 0.6) is 11.5 Å². The molecular formula is C16H14IN2O5S-. The van der Waals surface area contributed by atoms with Crippen molar-refractivity contribution in [1.82, 2.24) is 5.43 Å². The number of carbonyl (C=O) groups is 2. The molecule has 0 unspecified atom stereocenters. The van der Waals surface area contributed by atoms with E-state index in [1.54, 1.807) is 36.6 Å². The molecule has 1 N–H and O–H groups in total. The average Bonchev–Trinajstić information content (AvgIpc) is 3.08. The highest BCUT2D eigenvalue weighted by atomic mass is 127. The Morgan fingerprint density at radius 2 is 2.20 bits per heavy atom. The number of benzene rings is 1. The summed E-state index contributed by atoms with van der Waals surface area (Å²) in [5.41, 5.74) is 3.11. The monoisotopic (exact) mass is 473 g/mol. The van der Waals surface area contributed by atoms with E-state index in [9.17, 15) is 14.7 Å². The fourth-order valence-electron chi connectivity index (χ4n) is 1.82. The number of carboxylic acid groups (broad SMARTS) is 1. The Labute approximate surface area is 161 Å². The first-order valence-corrected chi connectivity index (χ1v) is 9.13. The Hall–Kier alpha value is -2.14. The molecule has 0 saturated carbocycles. The number of carboxylic acids is 1. The molecule has 1 aromatic heterocycles. The molecule has 0 radical (unpaired) electrons. The number of amides is 1. The fraction of sp³-hybridized carbons (Fsp3) is 0.188. The number of nitrogens with one attached hydrogen (secondary N) is 1. The summed E-state index contributed by atoms with van der Waals surface area (Å²) in [5.74, 6) is -0.895. The van der Waals surface area contributed by atoms with Gasteiger partial charge in [0.1, 0.15) is 6.61 Å². The molecule has 0 aliphatic heterocycles. The summed E-state index contributed by atoms with van der Waals surface area (Å²) in [6.45, 7) is 1.62. The van der Waals surface area contributed by atoms with E-state index in [1.807, 2.05) is 22.6 Å². The van der Waals surface area contributed by atoms with Gasteiger partial charge in [0.05, 0.1) is 27.2 Å². The van der Waals surface area contributed by atoms with E-state index in [4.69, 9.17) is 9.47 Å². The first-order valence-electron chi connectivity index (χ1n) is 7.17. The first-order chi connectivity index (χ1) is 12.0. The van der Waals surface area contributed by atoms with Gasteiger partial charge in [-0.05, 0) is 58.7 Å². The number of hydrogen-bond acceptors (Lipinski definition) is 7. The summed E-state index contributed by atoms with van der Waals surface area (Å²) in [7, 11) is 0. The first kappa shape index (κ1) is 19.2. The molecular weight excluding hydrogens is 459 g/mol. The van der Waals surface area contributed by atoms with Crippen molar-refractivity contribution in [2.45, 2.75) is 6.92 Å². The topological polar surface area (TPSA) is 100 Å². The Morgan fingerprint density at radius 3 is 2.84 bits per heavy atom. The number of hydrogen-bond donors (Lipinski definition) is 1. The third-order valence-corrected chi connectivity index (χ3v) is 4.46. The standard InChI is InChI=1S/C16H15IN2O5S/c1-2-23-12-7-10(6-11(17)15(12)24-9-14(20)21)8-18-19-16(22)13-4-3-5-25-13/h3-8H,2,9H2,1H3,(H,19,22)(H,20,21)/p-1/b18-8-. The SMILES string of the molecule is CCOc1cc(/C=N\NC(=O)c2cccs2)cc(I)c1OCC(=O)[O-]. The second kappa shape index (κ2) is 9.37. The molecule has 0 atom stereocenters. The van der Waals surface area contributed by atoms with Crippen LogP contribution < -0.4 is 20.0 Å². The molecule has 9 heteroatoms. The van der Waals surface area contributed by atoms with Crippen molar-refractivity contribution in [2.24, 2.45) is 5.10 Å². The van der Waals surface area contributed by atoms with E-state index in [1.165, 1.54) is 17.6 Å². The number of carbonyl (C=O) groups excluding carboxylic acids is 2. The zero-order valence-corrected chi connectivity index (χ0v) is 16.1. The van der Waals surface area contributed by atoms with Gasteiger partial charge in [0.2, 0.25) is 0 Å². The van der Waals surface area contributed by atoms with Gasteiger partial charge in [0.15, 0.2) is 11.5 Å². The number of ether oxygens (including phenoxy) is 2. The normalized spacial score (nSPS) is 10.6. The molecule has 0 aliphatic rings. The fourth-order valence-corrected chi connectivity index (χ4v) is 3.22. The Kier molecular flexibility index (Phi) is 7.19. The van der Waals surface area contributed by atoms with E-state index in [0.717, 1.165) is 0 Å². The predicted molar refractivity (Wildman–Crippen MR) is 100 cm³/mol. The molecule has 0 fully saturated rings. The molecule has 7 nitrogen and oxygen atoms in total. The van der Waals surface area contributed by atoms with Crippen LogP contribution in [-0.2, 0) is 4.79 Å². The summed E-state index contributed by atoms with van der Waals surface area (Å²) in [5, 5.41) is 16.3. The number of nitrogens with zero attached hydrogens (tertiary/aromatic N) is 1. The van der Waals surface area contributed by atoms with Gasteiger partial charge in [0.25, 0.3) is 5.91 Å². The smallest absolute Gasteiger partial charge is 0.281 e. The van der Waals surface area contributed by atoms with Crippen LogP contribution in [0.1, 0.15) is 22.2 Å². The van der Waals surface area contributed by atoms with Crippen molar-refractivity contribution < 1.29 is 24.2 Å². The van der Waals surface area contributed by atoms with Crippen molar-refractivity contribution in [3.63, 3.8) is 0 Å². The third kappa shape index (κ3) is 5.71. The molecule has 132 valence electrons. The number of halogens is 1. The summed E-state index contributed by atoms with van der Waals surface area (Å²) < 4.78 is 11.4. The minimum absolute atomic E-state index is 0.292. The summed E-state index contributed by atoms with van der Waals surface area (Å²) in [6.07, 6.45) is 1.47. The Bertz CT molecular complexity index is 777. The molecule has 1 aromatic carbocycles. The number of rotatable bonds is 8. The summed E-state index contributed by atoms with van der Waals surface area (Å²) in [4.78, 5) is 23.0. The zero-order chi connectivity index (χ0) is 18.2. The molecule has 25 heavy (non-hydrogen) atoms. The number of hydrazone groups is 1. The van der Waals surface area contributed by atoms with Gasteiger partial charge in [-0.15, -0.1) is 11.3 Å². The Balaban J connectivity index is 2.13. The lowest BCUT2D eigenvalue weighted by molar-refractivity contribution is -0.307. The molecule has 0 saturated heterocycles. The van der Waals surface area contributed by atoms with E-state index in [-0.39, 0.29) is 5.91 Å². The van der Waals surface area contributed by atoms with Crippen LogP contribution in [-0.4, -0.2) is 31.3 Å². The van der Waals surface area contributed by atoms with E-state index in [2.05, 4.69) is 10.5 Å². The zero-order valence-electron chi connectivity index (χ0n) is 13.2. The maximum Gasteiger partial charge on any atom is 0.281 e. The third-order valence-electron chi connectivity index (χ3n) is 2.79. The van der Waals surface area contributed by atoms with Crippen LogP contribution in [0.3, 0.4) is 0 Å². The van der Waals surface area contributed by atoms with Gasteiger partial charge < -0.3 is 19.4 Å². The lowest BCUT2D eigenvalue weighted by Crippen LogP contribution is -2.29. The van der Waals surface area contributed by atoms with Gasteiger partial charge >= 0.3 is 0 Å². The van der Waals surface area contributed by atoms with Crippen molar-refractivity contribution in [2.75, 3.05) is 13.2 Å². The van der Waals surface area contributed by atoms with Gasteiger partial charge in [-0.1, -0.05) is 6.07 Å². The summed E-state index contributed by atoms with van der Waals surface area (Å²) >= 11 is 3.33. The number of aliphatic carboxylic acids is 1.